The molecular formula is C17H14FN. The number of halogens is 1. The van der Waals surface area contributed by atoms with Gasteiger partial charge >= 0.3 is 0 Å². The van der Waals surface area contributed by atoms with E-state index in [1.54, 1.807) is 18.2 Å². The lowest BCUT2D eigenvalue weighted by Crippen LogP contribution is -1.80. The molecule has 1 heterocycles. The second-order valence-corrected chi connectivity index (χ2v) is 4.56. The van der Waals surface area contributed by atoms with Crippen LogP contribution in [0.2, 0.25) is 0 Å². The third-order valence-corrected chi connectivity index (χ3v) is 3.34. The molecule has 0 aliphatic carbocycles. The average molecular weight is 251 g/mol. The topological polar surface area (TPSA) is 15.8 Å². The highest BCUT2D eigenvalue weighted by Gasteiger charge is 2.04. The van der Waals surface area contributed by atoms with Crippen LogP contribution in [0.1, 0.15) is 16.8 Å². The summed E-state index contributed by atoms with van der Waals surface area (Å²) in [7, 11) is 0. The van der Waals surface area contributed by atoms with Gasteiger partial charge in [-0.3, -0.25) is 0 Å². The predicted octanol–water partition coefficient (Wildman–Crippen LogP) is 4.79. The van der Waals surface area contributed by atoms with Crippen molar-refractivity contribution in [2.45, 2.75) is 6.92 Å². The van der Waals surface area contributed by atoms with Crippen LogP contribution in [0.25, 0.3) is 23.1 Å². The molecule has 0 amide bonds. The van der Waals surface area contributed by atoms with E-state index in [-0.39, 0.29) is 5.82 Å². The summed E-state index contributed by atoms with van der Waals surface area (Å²) in [5, 5.41) is 1.20. The van der Waals surface area contributed by atoms with Gasteiger partial charge < -0.3 is 4.98 Å². The third-order valence-electron chi connectivity index (χ3n) is 3.34. The van der Waals surface area contributed by atoms with E-state index in [4.69, 9.17) is 0 Å². The molecule has 1 nitrogen and oxygen atoms in total. The largest absolute Gasteiger partial charge is 0.355 e. The first-order valence-corrected chi connectivity index (χ1v) is 6.25. The van der Waals surface area contributed by atoms with Gasteiger partial charge in [0.15, 0.2) is 0 Å². The fourth-order valence-corrected chi connectivity index (χ4v) is 2.25. The number of H-pyrrole nitrogens is 1. The van der Waals surface area contributed by atoms with Gasteiger partial charge in [0.1, 0.15) is 5.82 Å². The van der Waals surface area contributed by atoms with Gasteiger partial charge in [-0.2, -0.15) is 0 Å². The fraction of sp³-hybridized carbons (Fsp3) is 0.0588. The number of hydrogen-bond acceptors (Lipinski definition) is 0. The highest BCUT2D eigenvalue weighted by Crippen LogP contribution is 2.23. The standard InChI is InChI=1S/C17H14FN/c1-12-14-7-3-5-9-17(14)19-16(12)11-10-13-6-2-4-8-15(13)18/h2-11,19H,1H3. The first-order chi connectivity index (χ1) is 9.25. The van der Waals surface area contributed by atoms with Gasteiger partial charge in [0.05, 0.1) is 0 Å². The maximum Gasteiger partial charge on any atom is 0.130 e. The molecule has 2 heteroatoms. The quantitative estimate of drug-likeness (QED) is 0.674. The molecule has 0 radical (unpaired) electrons. The van der Waals surface area contributed by atoms with Crippen molar-refractivity contribution < 1.29 is 4.39 Å². The molecule has 0 unspecified atom stereocenters. The van der Waals surface area contributed by atoms with E-state index in [1.165, 1.54) is 17.0 Å². The Morgan fingerprint density at radius 2 is 1.68 bits per heavy atom. The minimum atomic E-state index is -0.201. The maximum atomic E-state index is 13.5. The number of aromatic nitrogens is 1. The van der Waals surface area contributed by atoms with Crippen LogP contribution in [0.3, 0.4) is 0 Å². The molecule has 1 aromatic heterocycles. The molecule has 0 saturated heterocycles. The SMILES string of the molecule is Cc1c(C=Cc2ccccc2F)[nH]c2ccccc12. The first kappa shape index (κ1) is 11.7. The van der Waals surface area contributed by atoms with Gasteiger partial charge in [-0.05, 0) is 36.8 Å². The van der Waals surface area contributed by atoms with Gasteiger partial charge in [-0.15, -0.1) is 0 Å². The third kappa shape index (κ3) is 2.17. The van der Waals surface area contributed by atoms with Gasteiger partial charge in [0.25, 0.3) is 0 Å². The summed E-state index contributed by atoms with van der Waals surface area (Å²) in [5.74, 6) is -0.201. The van der Waals surface area contributed by atoms with Crippen LogP contribution in [0.4, 0.5) is 4.39 Å². The molecule has 0 bridgehead atoms. The number of rotatable bonds is 2. The number of para-hydroxylation sites is 1. The minimum Gasteiger partial charge on any atom is -0.355 e. The van der Waals surface area contributed by atoms with Crippen molar-refractivity contribution in [2.75, 3.05) is 0 Å². The van der Waals surface area contributed by atoms with Crippen LogP contribution < -0.4 is 0 Å². The minimum absolute atomic E-state index is 0.201. The maximum absolute atomic E-state index is 13.5. The van der Waals surface area contributed by atoms with E-state index in [0.717, 1.165) is 11.2 Å². The Balaban J connectivity index is 2.02. The molecule has 0 fully saturated rings. The Morgan fingerprint density at radius 3 is 2.47 bits per heavy atom. The monoisotopic (exact) mass is 251 g/mol. The molecular weight excluding hydrogens is 237 g/mol. The lowest BCUT2D eigenvalue weighted by atomic mass is 10.1. The molecule has 94 valence electrons. The highest BCUT2D eigenvalue weighted by molar-refractivity contribution is 5.88. The van der Waals surface area contributed by atoms with Gasteiger partial charge in [0, 0.05) is 22.2 Å². The molecule has 3 rings (SSSR count). The summed E-state index contributed by atoms with van der Waals surface area (Å²) in [6.45, 7) is 2.07. The zero-order valence-electron chi connectivity index (χ0n) is 10.7. The van der Waals surface area contributed by atoms with Crippen LogP contribution in [0.15, 0.2) is 48.5 Å². The van der Waals surface area contributed by atoms with Crippen molar-refractivity contribution in [3.8, 4) is 0 Å². The summed E-state index contributed by atoms with van der Waals surface area (Å²) in [4.78, 5) is 3.34. The Kier molecular flexibility index (Phi) is 2.92. The number of nitrogens with one attached hydrogen (secondary N) is 1. The van der Waals surface area contributed by atoms with E-state index in [1.807, 2.05) is 30.3 Å². The smallest absolute Gasteiger partial charge is 0.130 e. The summed E-state index contributed by atoms with van der Waals surface area (Å²) in [6, 6.07) is 14.9. The summed E-state index contributed by atoms with van der Waals surface area (Å²) < 4.78 is 13.5. The molecule has 0 aliphatic heterocycles. The fourth-order valence-electron chi connectivity index (χ4n) is 2.25. The zero-order valence-corrected chi connectivity index (χ0v) is 10.7. The molecule has 0 aliphatic rings. The number of hydrogen-bond donors (Lipinski definition) is 1. The van der Waals surface area contributed by atoms with E-state index >= 15 is 0 Å². The number of benzene rings is 2. The highest BCUT2D eigenvalue weighted by atomic mass is 19.1. The Morgan fingerprint density at radius 1 is 0.947 bits per heavy atom. The first-order valence-electron chi connectivity index (χ1n) is 6.25. The van der Waals surface area contributed by atoms with Crippen LogP contribution in [-0.2, 0) is 0 Å². The average Bonchev–Trinajstić information content (AvgIpc) is 2.75. The van der Waals surface area contributed by atoms with E-state index in [9.17, 15) is 4.39 Å². The van der Waals surface area contributed by atoms with Gasteiger partial charge in [-0.1, -0.05) is 36.4 Å². The predicted molar refractivity (Wildman–Crippen MR) is 78.4 cm³/mol. The normalized spacial score (nSPS) is 11.5. The van der Waals surface area contributed by atoms with Gasteiger partial charge in [0.2, 0.25) is 0 Å². The summed E-state index contributed by atoms with van der Waals surface area (Å²) >= 11 is 0. The summed E-state index contributed by atoms with van der Waals surface area (Å²) in [5.41, 5.74) is 3.90. The second-order valence-electron chi connectivity index (χ2n) is 4.56. The molecule has 2 aromatic carbocycles. The van der Waals surface area contributed by atoms with E-state index in [0.29, 0.717) is 5.56 Å². The molecule has 0 atom stereocenters. The molecule has 0 spiro atoms. The Hall–Kier alpha value is -2.35. The van der Waals surface area contributed by atoms with Crippen LogP contribution in [0, 0.1) is 12.7 Å². The van der Waals surface area contributed by atoms with E-state index < -0.39 is 0 Å². The van der Waals surface area contributed by atoms with Crippen molar-refractivity contribution in [3.05, 3.63) is 71.2 Å². The van der Waals surface area contributed by atoms with Crippen LogP contribution >= 0.6 is 0 Å². The van der Waals surface area contributed by atoms with E-state index in [2.05, 4.69) is 18.0 Å². The Bertz CT molecular complexity index is 753. The van der Waals surface area contributed by atoms with Crippen molar-refractivity contribution in [3.63, 3.8) is 0 Å². The molecule has 3 aromatic rings. The van der Waals surface area contributed by atoms with Crippen LogP contribution in [0.5, 0.6) is 0 Å². The second kappa shape index (κ2) is 4.73. The van der Waals surface area contributed by atoms with Crippen molar-refractivity contribution in [1.82, 2.24) is 4.98 Å². The number of fused-ring (bicyclic) bond motifs is 1. The lowest BCUT2D eigenvalue weighted by Gasteiger charge is -1.95. The molecule has 1 N–H and O–H groups in total. The van der Waals surface area contributed by atoms with Crippen molar-refractivity contribution >= 4 is 23.1 Å². The van der Waals surface area contributed by atoms with Crippen molar-refractivity contribution in [2.24, 2.45) is 0 Å². The zero-order chi connectivity index (χ0) is 13.2. The summed E-state index contributed by atoms with van der Waals surface area (Å²) in [6.07, 6.45) is 3.72. The van der Waals surface area contributed by atoms with Gasteiger partial charge in [-0.25, -0.2) is 4.39 Å². The number of aromatic amines is 1. The molecule has 0 saturated carbocycles. The number of aryl methyl sites for hydroxylation is 1. The van der Waals surface area contributed by atoms with Crippen molar-refractivity contribution in [1.29, 1.82) is 0 Å². The Labute approximate surface area is 111 Å². The lowest BCUT2D eigenvalue weighted by molar-refractivity contribution is 0.625. The molecule has 19 heavy (non-hydrogen) atoms. The van der Waals surface area contributed by atoms with Crippen LogP contribution in [-0.4, -0.2) is 4.98 Å².